The smallest absolute Gasteiger partial charge is 0.298 e. The van der Waals surface area contributed by atoms with E-state index in [2.05, 4.69) is 4.89 Å². The van der Waals surface area contributed by atoms with Crippen LogP contribution in [-0.2, 0) is 15.1 Å². The van der Waals surface area contributed by atoms with E-state index in [-0.39, 0.29) is 5.41 Å². The van der Waals surface area contributed by atoms with E-state index in [4.69, 9.17) is 4.89 Å². The second-order valence-electron chi connectivity index (χ2n) is 5.18. The van der Waals surface area contributed by atoms with Gasteiger partial charge in [-0.1, -0.05) is 20.8 Å². The topological polar surface area (TPSA) is 52.6 Å². The molecule has 4 nitrogen and oxygen atoms in total. The highest BCUT2D eigenvalue weighted by Gasteiger charge is 2.23. The molecule has 1 aromatic rings. The van der Waals surface area contributed by atoms with E-state index in [1.54, 1.807) is 12.1 Å². The van der Waals surface area contributed by atoms with Crippen molar-refractivity contribution < 1.29 is 19.4 Å². The Balaban J connectivity index is 3.25. The summed E-state index contributed by atoms with van der Waals surface area (Å²) in [5, 5.41) is 0. The lowest BCUT2D eigenvalue weighted by Crippen LogP contribution is -2.17. The van der Waals surface area contributed by atoms with Crippen LogP contribution in [0.15, 0.2) is 12.1 Å². The zero-order chi connectivity index (χ0) is 13.9. The molecule has 0 heterocycles. The highest BCUT2D eigenvalue weighted by atomic mass is 17.2. The number of carbonyl (C=O) groups is 2. The first-order valence-corrected chi connectivity index (χ1v) is 5.71. The molecule has 0 fully saturated rings. The van der Waals surface area contributed by atoms with Crippen LogP contribution in [0.4, 0.5) is 0 Å². The standard InChI is InChI=1S/C14H18O4/c1-9-12(18-17-10(2)16)7-6-11(8-15)13(9)14(3,4)5/h6-8H,1-5H3. The van der Waals surface area contributed by atoms with Gasteiger partial charge in [-0.15, -0.1) is 0 Å². The minimum Gasteiger partial charge on any atom is -0.298 e. The maximum Gasteiger partial charge on any atom is 0.352 e. The van der Waals surface area contributed by atoms with Gasteiger partial charge in [0.25, 0.3) is 0 Å². The molecule has 0 bridgehead atoms. The molecule has 98 valence electrons. The highest BCUT2D eigenvalue weighted by molar-refractivity contribution is 5.79. The summed E-state index contributed by atoms with van der Waals surface area (Å²) in [6, 6.07) is 3.29. The van der Waals surface area contributed by atoms with E-state index in [1.807, 2.05) is 27.7 Å². The molecule has 4 heteroatoms. The van der Waals surface area contributed by atoms with Crippen LogP contribution in [0.5, 0.6) is 5.75 Å². The van der Waals surface area contributed by atoms with Crippen LogP contribution in [-0.4, -0.2) is 12.3 Å². The van der Waals surface area contributed by atoms with Crippen LogP contribution >= 0.6 is 0 Å². The molecule has 18 heavy (non-hydrogen) atoms. The monoisotopic (exact) mass is 250 g/mol. The molecule has 0 unspecified atom stereocenters. The van der Waals surface area contributed by atoms with Crippen molar-refractivity contribution in [1.82, 2.24) is 0 Å². The van der Waals surface area contributed by atoms with Crippen molar-refractivity contribution in [2.75, 3.05) is 0 Å². The molecule has 0 saturated carbocycles. The first-order valence-electron chi connectivity index (χ1n) is 5.71. The van der Waals surface area contributed by atoms with E-state index < -0.39 is 5.97 Å². The fraction of sp³-hybridized carbons (Fsp3) is 0.429. The number of rotatable bonds is 3. The third kappa shape index (κ3) is 3.09. The molecule has 0 amide bonds. The summed E-state index contributed by atoms with van der Waals surface area (Å²) in [6.45, 7) is 9.14. The highest BCUT2D eigenvalue weighted by Crippen LogP contribution is 2.33. The quantitative estimate of drug-likeness (QED) is 0.470. The molecule has 1 rings (SSSR count). The molecule has 0 saturated heterocycles. The molecule has 0 radical (unpaired) electrons. The molecular formula is C14H18O4. The van der Waals surface area contributed by atoms with Crippen molar-refractivity contribution in [3.8, 4) is 5.75 Å². The largest absolute Gasteiger partial charge is 0.352 e. The van der Waals surface area contributed by atoms with Gasteiger partial charge in [-0.25, -0.2) is 4.79 Å². The lowest BCUT2D eigenvalue weighted by atomic mass is 9.81. The first-order chi connectivity index (χ1) is 8.27. The molecule has 0 aromatic heterocycles. The van der Waals surface area contributed by atoms with Gasteiger partial charge in [0.2, 0.25) is 0 Å². The fourth-order valence-electron chi connectivity index (χ4n) is 2.00. The van der Waals surface area contributed by atoms with Gasteiger partial charge in [0.1, 0.15) is 6.29 Å². The molecule has 0 aliphatic heterocycles. The molecule has 0 spiro atoms. The Bertz CT molecular complexity index is 469. The van der Waals surface area contributed by atoms with Crippen molar-refractivity contribution >= 4 is 12.3 Å². The zero-order valence-corrected chi connectivity index (χ0v) is 11.4. The van der Waals surface area contributed by atoms with Crippen LogP contribution in [0.25, 0.3) is 0 Å². The van der Waals surface area contributed by atoms with Crippen molar-refractivity contribution in [3.05, 3.63) is 28.8 Å². The molecular weight excluding hydrogens is 232 g/mol. The van der Waals surface area contributed by atoms with Crippen LogP contribution in [0.2, 0.25) is 0 Å². The Labute approximate surface area is 107 Å². The number of carbonyl (C=O) groups excluding carboxylic acids is 2. The lowest BCUT2D eigenvalue weighted by Gasteiger charge is -2.24. The van der Waals surface area contributed by atoms with E-state index in [9.17, 15) is 9.59 Å². The fourth-order valence-corrected chi connectivity index (χ4v) is 2.00. The van der Waals surface area contributed by atoms with Gasteiger partial charge in [0.15, 0.2) is 5.75 Å². The van der Waals surface area contributed by atoms with Crippen LogP contribution in [0.3, 0.4) is 0 Å². The molecule has 0 N–H and O–H groups in total. The van der Waals surface area contributed by atoms with Crippen molar-refractivity contribution in [2.45, 2.75) is 40.0 Å². The Morgan fingerprint density at radius 2 is 1.89 bits per heavy atom. The Morgan fingerprint density at radius 3 is 2.33 bits per heavy atom. The molecule has 1 aromatic carbocycles. The summed E-state index contributed by atoms with van der Waals surface area (Å²) in [4.78, 5) is 31.3. The summed E-state index contributed by atoms with van der Waals surface area (Å²) in [7, 11) is 0. The van der Waals surface area contributed by atoms with Gasteiger partial charge in [-0.3, -0.25) is 14.6 Å². The second kappa shape index (κ2) is 5.21. The molecule has 0 aliphatic carbocycles. The Kier molecular flexibility index (Phi) is 4.11. The Morgan fingerprint density at radius 1 is 1.28 bits per heavy atom. The normalized spacial score (nSPS) is 10.9. The van der Waals surface area contributed by atoms with Gasteiger partial charge in [-0.2, -0.15) is 0 Å². The van der Waals surface area contributed by atoms with E-state index in [1.165, 1.54) is 6.92 Å². The summed E-state index contributed by atoms with van der Waals surface area (Å²) < 4.78 is 0. The maximum atomic E-state index is 11.1. The van der Waals surface area contributed by atoms with E-state index in [0.717, 1.165) is 17.4 Å². The summed E-state index contributed by atoms with van der Waals surface area (Å²) in [5.41, 5.74) is 2.11. The van der Waals surface area contributed by atoms with Crippen LogP contribution < -0.4 is 4.89 Å². The first kappa shape index (κ1) is 14.2. The van der Waals surface area contributed by atoms with Crippen LogP contribution in [0.1, 0.15) is 49.2 Å². The average Bonchev–Trinajstić information content (AvgIpc) is 2.24. The third-order valence-corrected chi connectivity index (χ3v) is 2.57. The minimum absolute atomic E-state index is 0.198. The summed E-state index contributed by atoms with van der Waals surface area (Å²) in [5.74, 6) is -0.0769. The van der Waals surface area contributed by atoms with Gasteiger partial charge >= 0.3 is 5.97 Å². The van der Waals surface area contributed by atoms with Gasteiger partial charge in [-0.05, 0) is 30.0 Å². The predicted molar refractivity (Wildman–Crippen MR) is 67.7 cm³/mol. The third-order valence-electron chi connectivity index (χ3n) is 2.57. The molecule has 0 atom stereocenters. The number of benzene rings is 1. The van der Waals surface area contributed by atoms with Crippen molar-refractivity contribution in [2.24, 2.45) is 0 Å². The number of hydrogen-bond acceptors (Lipinski definition) is 4. The second-order valence-corrected chi connectivity index (χ2v) is 5.18. The number of aldehydes is 1. The van der Waals surface area contributed by atoms with E-state index >= 15 is 0 Å². The SMILES string of the molecule is CC(=O)OOc1ccc(C=O)c(C(C)(C)C)c1C. The number of hydrogen-bond donors (Lipinski definition) is 0. The van der Waals surface area contributed by atoms with Gasteiger partial charge < -0.3 is 0 Å². The van der Waals surface area contributed by atoms with Crippen LogP contribution in [0, 0.1) is 6.92 Å². The minimum atomic E-state index is -0.522. The predicted octanol–water partition coefficient (Wildman–Crippen LogP) is 2.96. The molecule has 0 aliphatic rings. The summed E-state index contributed by atoms with van der Waals surface area (Å²) >= 11 is 0. The van der Waals surface area contributed by atoms with E-state index in [0.29, 0.717) is 11.3 Å². The Hall–Kier alpha value is -1.84. The van der Waals surface area contributed by atoms with Gasteiger partial charge in [0.05, 0.1) is 0 Å². The summed E-state index contributed by atoms with van der Waals surface area (Å²) in [6.07, 6.45) is 0.823. The van der Waals surface area contributed by atoms with Gasteiger partial charge in [0, 0.05) is 18.1 Å². The van der Waals surface area contributed by atoms with Crippen molar-refractivity contribution in [3.63, 3.8) is 0 Å². The van der Waals surface area contributed by atoms with Crippen molar-refractivity contribution in [1.29, 1.82) is 0 Å². The lowest BCUT2D eigenvalue weighted by molar-refractivity contribution is -0.211. The zero-order valence-electron chi connectivity index (χ0n) is 11.4. The average molecular weight is 250 g/mol. The maximum absolute atomic E-state index is 11.1.